The second-order valence-corrected chi connectivity index (χ2v) is 4.59. The first-order valence-electron chi connectivity index (χ1n) is 4.84. The molecule has 0 radical (unpaired) electrons. The van der Waals surface area contributed by atoms with Crippen LogP contribution in [0.1, 0.15) is 10.8 Å². The zero-order valence-corrected chi connectivity index (χ0v) is 9.86. The van der Waals surface area contributed by atoms with Crippen LogP contribution in [0.15, 0.2) is 16.5 Å². The van der Waals surface area contributed by atoms with Gasteiger partial charge in [0.25, 0.3) is 5.89 Å². The molecule has 6 nitrogen and oxygen atoms in total. The van der Waals surface area contributed by atoms with Gasteiger partial charge in [0.1, 0.15) is 13.2 Å². The second-order valence-electron chi connectivity index (χ2n) is 3.30. The Morgan fingerprint density at radius 2 is 2.35 bits per heavy atom. The van der Waals surface area contributed by atoms with Gasteiger partial charge in [-0.3, -0.25) is 0 Å². The number of aliphatic carboxylic acids is 1. The lowest BCUT2D eigenvalue weighted by Gasteiger charge is -1.94. The fourth-order valence-corrected chi connectivity index (χ4v) is 1.98. The van der Waals surface area contributed by atoms with Crippen LogP contribution >= 0.6 is 11.3 Å². The van der Waals surface area contributed by atoms with E-state index in [-0.39, 0.29) is 19.1 Å². The number of carboxylic acids is 1. The summed E-state index contributed by atoms with van der Waals surface area (Å²) in [7, 11) is 0. The number of ether oxygens (including phenoxy) is 1. The maximum absolute atomic E-state index is 10.2. The third-order valence-electron chi connectivity index (χ3n) is 1.87. The maximum Gasteiger partial charge on any atom is 0.329 e. The topological polar surface area (TPSA) is 85.5 Å². The quantitative estimate of drug-likeness (QED) is 0.874. The number of carbonyl (C=O) groups is 1. The van der Waals surface area contributed by atoms with Crippen molar-refractivity contribution in [2.24, 2.45) is 0 Å². The Hall–Kier alpha value is -1.73. The normalized spacial score (nSPS) is 10.6. The molecule has 0 unspecified atom stereocenters. The maximum atomic E-state index is 10.2. The molecule has 7 heteroatoms. The Labute approximate surface area is 101 Å². The highest BCUT2D eigenvalue weighted by Crippen LogP contribution is 2.26. The van der Waals surface area contributed by atoms with Gasteiger partial charge in [0.15, 0.2) is 0 Å². The second kappa shape index (κ2) is 5.07. The van der Waals surface area contributed by atoms with Gasteiger partial charge in [0.2, 0.25) is 5.89 Å². The van der Waals surface area contributed by atoms with Gasteiger partial charge in [-0.25, -0.2) is 4.79 Å². The zero-order chi connectivity index (χ0) is 12.3. The van der Waals surface area contributed by atoms with Crippen LogP contribution in [0.4, 0.5) is 0 Å². The first kappa shape index (κ1) is 11.7. The minimum atomic E-state index is -1.03. The molecule has 0 aliphatic heterocycles. The van der Waals surface area contributed by atoms with Gasteiger partial charge in [-0.1, -0.05) is 0 Å². The van der Waals surface area contributed by atoms with Gasteiger partial charge in [0, 0.05) is 4.88 Å². The number of rotatable bonds is 5. The fourth-order valence-electron chi connectivity index (χ4n) is 1.19. The summed E-state index contributed by atoms with van der Waals surface area (Å²) < 4.78 is 10.2. The molecule has 1 N–H and O–H groups in total. The molecule has 0 aliphatic rings. The molecule has 0 saturated heterocycles. The molecule has 2 heterocycles. The molecule has 0 amide bonds. The lowest BCUT2D eigenvalue weighted by atomic mass is 10.4. The van der Waals surface area contributed by atoms with Crippen molar-refractivity contribution in [3.05, 3.63) is 22.9 Å². The number of aromatic nitrogens is 2. The third-order valence-corrected chi connectivity index (χ3v) is 2.86. The van der Waals surface area contributed by atoms with Crippen molar-refractivity contribution in [2.45, 2.75) is 13.5 Å². The van der Waals surface area contributed by atoms with E-state index in [2.05, 4.69) is 10.2 Å². The van der Waals surface area contributed by atoms with Crippen molar-refractivity contribution in [2.75, 3.05) is 6.61 Å². The zero-order valence-electron chi connectivity index (χ0n) is 9.04. The van der Waals surface area contributed by atoms with Crippen molar-refractivity contribution >= 4 is 17.3 Å². The van der Waals surface area contributed by atoms with E-state index in [0.717, 1.165) is 9.75 Å². The van der Waals surface area contributed by atoms with E-state index in [9.17, 15) is 4.79 Å². The smallest absolute Gasteiger partial charge is 0.329 e. The number of hydrogen-bond acceptors (Lipinski definition) is 6. The molecule has 0 bridgehead atoms. The summed E-state index contributed by atoms with van der Waals surface area (Å²) in [4.78, 5) is 12.3. The molecule has 0 aromatic carbocycles. The summed E-state index contributed by atoms with van der Waals surface area (Å²) >= 11 is 1.55. The lowest BCUT2D eigenvalue weighted by Crippen LogP contribution is -2.06. The Morgan fingerprint density at radius 3 is 3.00 bits per heavy atom. The fraction of sp³-hybridized carbons (Fsp3) is 0.300. The van der Waals surface area contributed by atoms with Crippen molar-refractivity contribution in [3.63, 3.8) is 0 Å². The summed E-state index contributed by atoms with van der Waals surface area (Å²) in [5.74, 6) is -0.331. The summed E-state index contributed by atoms with van der Waals surface area (Å²) in [5.41, 5.74) is 0. The monoisotopic (exact) mass is 254 g/mol. The third kappa shape index (κ3) is 3.11. The van der Waals surface area contributed by atoms with Gasteiger partial charge in [-0.15, -0.1) is 21.5 Å². The summed E-state index contributed by atoms with van der Waals surface area (Å²) in [6.45, 7) is 1.61. The molecule has 0 aliphatic carbocycles. The van der Waals surface area contributed by atoms with Crippen LogP contribution < -0.4 is 0 Å². The van der Waals surface area contributed by atoms with E-state index in [1.165, 1.54) is 0 Å². The van der Waals surface area contributed by atoms with Gasteiger partial charge in [-0.05, 0) is 19.1 Å². The molecular weight excluding hydrogens is 244 g/mol. The average molecular weight is 254 g/mol. The highest BCUT2D eigenvalue weighted by Gasteiger charge is 2.10. The first-order chi connectivity index (χ1) is 8.15. The van der Waals surface area contributed by atoms with E-state index >= 15 is 0 Å². The molecule has 17 heavy (non-hydrogen) atoms. The van der Waals surface area contributed by atoms with E-state index < -0.39 is 5.97 Å². The molecule has 2 rings (SSSR count). The summed E-state index contributed by atoms with van der Waals surface area (Å²) in [6.07, 6.45) is 0. The number of carboxylic acid groups (broad SMARTS) is 1. The van der Waals surface area contributed by atoms with E-state index in [0.29, 0.717) is 5.89 Å². The predicted octanol–water partition coefficient (Wildman–Crippen LogP) is 1.71. The number of hydrogen-bond donors (Lipinski definition) is 1. The Balaban J connectivity index is 1.98. The van der Waals surface area contributed by atoms with Gasteiger partial charge < -0.3 is 14.3 Å². The number of aryl methyl sites for hydroxylation is 1. The SMILES string of the molecule is Cc1ccc(-c2nnc(COCC(=O)O)o2)s1. The van der Waals surface area contributed by atoms with Crippen LogP contribution in [0.5, 0.6) is 0 Å². The standard InChI is InChI=1S/C10H10N2O4S/c1-6-2-3-7(17-6)10-12-11-8(16-10)4-15-5-9(13)14/h2-3H,4-5H2,1H3,(H,13,14). The van der Waals surface area contributed by atoms with Crippen LogP contribution in [0.25, 0.3) is 10.8 Å². The average Bonchev–Trinajstić information content (AvgIpc) is 2.86. The molecule has 0 atom stereocenters. The van der Waals surface area contributed by atoms with Gasteiger partial charge in [0.05, 0.1) is 4.88 Å². The molecule has 90 valence electrons. The summed E-state index contributed by atoms with van der Waals surface area (Å²) in [5, 5.41) is 16.0. The van der Waals surface area contributed by atoms with Crippen LogP contribution in [-0.4, -0.2) is 27.9 Å². The van der Waals surface area contributed by atoms with Crippen molar-refractivity contribution < 1.29 is 19.1 Å². The van der Waals surface area contributed by atoms with Crippen molar-refractivity contribution in [1.82, 2.24) is 10.2 Å². The minimum absolute atomic E-state index is 0.00363. The van der Waals surface area contributed by atoms with Crippen LogP contribution in [0.2, 0.25) is 0 Å². The largest absolute Gasteiger partial charge is 0.480 e. The molecule has 0 saturated carbocycles. The van der Waals surface area contributed by atoms with Crippen molar-refractivity contribution in [3.8, 4) is 10.8 Å². The van der Waals surface area contributed by atoms with E-state index in [1.807, 2.05) is 19.1 Å². The minimum Gasteiger partial charge on any atom is -0.480 e. The van der Waals surface area contributed by atoms with Gasteiger partial charge in [-0.2, -0.15) is 0 Å². The van der Waals surface area contributed by atoms with E-state index in [1.54, 1.807) is 11.3 Å². The number of nitrogens with zero attached hydrogens (tertiary/aromatic N) is 2. The summed E-state index contributed by atoms with van der Waals surface area (Å²) in [6, 6.07) is 3.86. The van der Waals surface area contributed by atoms with Crippen LogP contribution in [0.3, 0.4) is 0 Å². The Morgan fingerprint density at radius 1 is 1.53 bits per heavy atom. The highest BCUT2D eigenvalue weighted by molar-refractivity contribution is 7.15. The molecule has 2 aromatic heterocycles. The van der Waals surface area contributed by atoms with Crippen molar-refractivity contribution in [1.29, 1.82) is 0 Å². The molecular formula is C10H10N2O4S. The lowest BCUT2D eigenvalue weighted by molar-refractivity contribution is -0.142. The van der Waals surface area contributed by atoms with Gasteiger partial charge >= 0.3 is 5.97 Å². The molecule has 2 aromatic rings. The Bertz CT molecular complexity index is 520. The molecule has 0 spiro atoms. The molecule has 0 fully saturated rings. The number of thiophene rings is 1. The highest BCUT2D eigenvalue weighted by atomic mass is 32.1. The Kier molecular flexibility index (Phi) is 3.50. The first-order valence-corrected chi connectivity index (χ1v) is 5.65. The van der Waals surface area contributed by atoms with Crippen LogP contribution in [0, 0.1) is 6.92 Å². The predicted molar refractivity (Wildman–Crippen MR) is 59.6 cm³/mol. The van der Waals surface area contributed by atoms with Crippen LogP contribution in [-0.2, 0) is 16.1 Å². The van der Waals surface area contributed by atoms with E-state index in [4.69, 9.17) is 14.3 Å².